The summed E-state index contributed by atoms with van der Waals surface area (Å²) < 4.78 is 24.2. The number of piperidine rings is 1. The van der Waals surface area contributed by atoms with E-state index in [9.17, 15) is 8.42 Å². The van der Waals surface area contributed by atoms with Crippen molar-refractivity contribution in [2.45, 2.75) is 19.4 Å². The number of likely N-dealkylation sites (tertiary alicyclic amines) is 1. The van der Waals surface area contributed by atoms with Gasteiger partial charge < -0.3 is 0 Å². The van der Waals surface area contributed by atoms with E-state index in [-0.39, 0.29) is 5.92 Å². The van der Waals surface area contributed by atoms with E-state index >= 15 is 0 Å². The molecule has 3 N–H and O–H groups in total. The first kappa shape index (κ1) is 15.9. The molecule has 0 aliphatic carbocycles. The topological polar surface area (TPSA) is 99.2 Å². The minimum absolute atomic E-state index is 0.287. The molecule has 1 aromatic carbocycles. The molecule has 2 rings (SSSR count). The molecule has 114 valence electrons. The lowest BCUT2D eigenvalue weighted by atomic mass is 9.98. The number of nitriles is 1. The van der Waals surface area contributed by atoms with Crippen LogP contribution in [0.5, 0.6) is 0 Å². The average molecular weight is 308 g/mol. The highest BCUT2D eigenvalue weighted by molar-refractivity contribution is 7.87. The van der Waals surface area contributed by atoms with Gasteiger partial charge in [-0.2, -0.15) is 13.7 Å². The molecule has 0 spiro atoms. The van der Waals surface area contributed by atoms with E-state index in [0.29, 0.717) is 12.1 Å². The molecular formula is C14H20N4O2S. The van der Waals surface area contributed by atoms with Crippen molar-refractivity contribution in [2.24, 2.45) is 11.1 Å². The third-order valence-electron chi connectivity index (χ3n) is 3.67. The third kappa shape index (κ3) is 5.44. The van der Waals surface area contributed by atoms with Crippen LogP contribution in [0.3, 0.4) is 0 Å². The maximum Gasteiger partial charge on any atom is 0.274 e. The molecule has 0 saturated carbocycles. The first-order chi connectivity index (χ1) is 9.96. The van der Waals surface area contributed by atoms with Crippen LogP contribution in [0.2, 0.25) is 0 Å². The van der Waals surface area contributed by atoms with Crippen LogP contribution in [0.1, 0.15) is 24.0 Å². The van der Waals surface area contributed by atoms with Gasteiger partial charge in [-0.3, -0.25) is 4.90 Å². The summed E-state index contributed by atoms with van der Waals surface area (Å²) in [7, 11) is -3.61. The van der Waals surface area contributed by atoms with Gasteiger partial charge in [0.1, 0.15) is 0 Å². The highest BCUT2D eigenvalue weighted by Crippen LogP contribution is 2.18. The van der Waals surface area contributed by atoms with Crippen molar-refractivity contribution in [3.05, 3.63) is 35.4 Å². The van der Waals surface area contributed by atoms with Crippen LogP contribution in [-0.2, 0) is 16.8 Å². The number of benzene rings is 1. The van der Waals surface area contributed by atoms with Crippen molar-refractivity contribution in [2.75, 3.05) is 19.6 Å². The number of nitrogens with two attached hydrogens (primary N) is 1. The van der Waals surface area contributed by atoms with Crippen molar-refractivity contribution in [1.82, 2.24) is 9.62 Å². The number of hydrogen-bond acceptors (Lipinski definition) is 4. The Bertz CT molecular complexity index is 607. The molecule has 0 bridgehead atoms. The fourth-order valence-electron chi connectivity index (χ4n) is 2.64. The lowest BCUT2D eigenvalue weighted by Crippen LogP contribution is -2.42. The molecule has 0 radical (unpaired) electrons. The zero-order chi connectivity index (χ0) is 15.3. The third-order valence-corrected chi connectivity index (χ3v) is 4.23. The molecule has 6 nitrogen and oxygen atoms in total. The highest BCUT2D eigenvalue weighted by atomic mass is 32.2. The molecule has 1 unspecified atom stereocenters. The van der Waals surface area contributed by atoms with Crippen LogP contribution in [0, 0.1) is 17.2 Å². The molecular weight excluding hydrogens is 288 g/mol. The summed E-state index contributed by atoms with van der Waals surface area (Å²) in [6.07, 6.45) is 2.06. The maximum absolute atomic E-state index is 10.9. The fraction of sp³-hybridized carbons (Fsp3) is 0.500. The Hall–Kier alpha value is -1.46. The van der Waals surface area contributed by atoms with Gasteiger partial charge >= 0.3 is 0 Å². The van der Waals surface area contributed by atoms with E-state index in [1.165, 1.54) is 0 Å². The van der Waals surface area contributed by atoms with Crippen LogP contribution in [0.25, 0.3) is 0 Å². The van der Waals surface area contributed by atoms with E-state index in [0.717, 1.165) is 38.0 Å². The summed E-state index contributed by atoms with van der Waals surface area (Å²) in [5, 5.41) is 13.7. The van der Waals surface area contributed by atoms with Gasteiger partial charge in [-0.15, -0.1) is 0 Å². The predicted octanol–water partition coefficient (Wildman–Crippen LogP) is 0.563. The van der Waals surface area contributed by atoms with E-state index in [1.807, 2.05) is 24.3 Å². The smallest absolute Gasteiger partial charge is 0.274 e. The highest BCUT2D eigenvalue weighted by Gasteiger charge is 2.20. The second-order valence-electron chi connectivity index (χ2n) is 5.45. The van der Waals surface area contributed by atoms with Crippen LogP contribution in [0.15, 0.2) is 24.3 Å². The molecule has 21 heavy (non-hydrogen) atoms. The van der Waals surface area contributed by atoms with E-state index < -0.39 is 10.2 Å². The van der Waals surface area contributed by atoms with E-state index in [2.05, 4.69) is 15.7 Å². The zero-order valence-electron chi connectivity index (χ0n) is 11.8. The average Bonchev–Trinajstić information content (AvgIpc) is 2.46. The van der Waals surface area contributed by atoms with Gasteiger partial charge in [0.2, 0.25) is 0 Å². The zero-order valence-corrected chi connectivity index (χ0v) is 12.6. The molecule has 1 fully saturated rings. The first-order valence-electron chi connectivity index (χ1n) is 6.95. The Morgan fingerprint density at radius 1 is 1.38 bits per heavy atom. The van der Waals surface area contributed by atoms with Crippen molar-refractivity contribution in [3.8, 4) is 6.07 Å². The molecule has 1 heterocycles. The van der Waals surface area contributed by atoms with E-state index in [1.54, 1.807) is 0 Å². The lowest BCUT2D eigenvalue weighted by Gasteiger charge is -2.32. The second kappa shape index (κ2) is 7.00. The Kier molecular flexibility index (Phi) is 5.31. The van der Waals surface area contributed by atoms with Gasteiger partial charge in [-0.25, -0.2) is 9.86 Å². The summed E-state index contributed by atoms with van der Waals surface area (Å²) in [6.45, 7) is 3.06. The molecule has 1 saturated heterocycles. The van der Waals surface area contributed by atoms with Crippen LogP contribution in [-0.4, -0.2) is 33.0 Å². The van der Waals surface area contributed by atoms with Crippen molar-refractivity contribution >= 4 is 10.2 Å². The summed E-state index contributed by atoms with van der Waals surface area (Å²) in [4.78, 5) is 2.31. The minimum Gasteiger partial charge on any atom is -0.299 e. The first-order valence-corrected chi connectivity index (χ1v) is 8.49. The minimum atomic E-state index is -3.61. The van der Waals surface area contributed by atoms with E-state index in [4.69, 9.17) is 10.4 Å². The monoisotopic (exact) mass is 308 g/mol. The summed E-state index contributed by atoms with van der Waals surface area (Å²) in [5.74, 6) is 0.287. The number of nitrogens with zero attached hydrogens (tertiary/aromatic N) is 2. The molecule has 1 aromatic rings. The molecule has 0 amide bonds. The molecule has 1 aliphatic rings. The van der Waals surface area contributed by atoms with Crippen molar-refractivity contribution in [3.63, 3.8) is 0 Å². The lowest BCUT2D eigenvalue weighted by molar-refractivity contribution is 0.169. The van der Waals surface area contributed by atoms with Gasteiger partial charge in [-0.1, -0.05) is 12.1 Å². The normalized spacial score (nSPS) is 20.1. The van der Waals surface area contributed by atoms with Crippen LogP contribution in [0.4, 0.5) is 0 Å². The van der Waals surface area contributed by atoms with Crippen LogP contribution >= 0.6 is 0 Å². The maximum atomic E-state index is 10.9. The van der Waals surface area contributed by atoms with Gasteiger partial charge in [0.15, 0.2) is 0 Å². The number of nitrogens with one attached hydrogen (secondary N) is 1. The van der Waals surface area contributed by atoms with Crippen LogP contribution < -0.4 is 9.86 Å². The summed E-state index contributed by atoms with van der Waals surface area (Å²) in [5.41, 5.74) is 1.82. The second-order valence-corrected chi connectivity index (χ2v) is 6.82. The largest absolute Gasteiger partial charge is 0.299 e. The van der Waals surface area contributed by atoms with Gasteiger partial charge in [0.25, 0.3) is 10.2 Å². The number of rotatable bonds is 5. The van der Waals surface area contributed by atoms with Gasteiger partial charge in [0.05, 0.1) is 11.6 Å². The Morgan fingerprint density at radius 2 is 2.10 bits per heavy atom. The molecule has 1 aliphatic heterocycles. The van der Waals surface area contributed by atoms with Gasteiger partial charge in [-0.05, 0) is 43.0 Å². The molecule has 7 heteroatoms. The summed E-state index contributed by atoms with van der Waals surface area (Å²) >= 11 is 0. The quantitative estimate of drug-likeness (QED) is 0.830. The molecule has 0 aromatic heterocycles. The Balaban J connectivity index is 1.87. The summed E-state index contributed by atoms with van der Waals surface area (Å²) in [6, 6.07) is 9.67. The predicted molar refractivity (Wildman–Crippen MR) is 80.3 cm³/mol. The fourth-order valence-corrected chi connectivity index (χ4v) is 3.11. The Morgan fingerprint density at radius 3 is 2.71 bits per heavy atom. The standard InChI is InChI=1S/C14H20N4O2S/c15-8-12-3-5-13(6-4-12)10-18-7-1-2-14(11-18)9-17-21(16,19)20/h3-6,14,17H,1-2,7,9-11H2,(H2,16,19,20). The van der Waals surface area contributed by atoms with Crippen molar-refractivity contribution < 1.29 is 8.42 Å². The molecule has 1 atom stereocenters. The Labute approximate surface area is 125 Å². The number of hydrogen-bond donors (Lipinski definition) is 2. The van der Waals surface area contributed by atoms with Crippen molar-refractivity contribution in [1.29, 1.82) is 5.26 Å². The van der Waals surface area contributed by atoms with Gasteiger partial charge in [0, 0.05) is 19.6 Å². The SMILES string of the molecule is N#Cc1ccc(CN2CCCC(CNS(N)(=O)=O)C2)cc1.